The average Bonchev–Trinajstić information content (AvgIpc) is 3.14. The van der Waals surface area contributed by atoms with Gasteiger partial charge in [-0.25, -0.2) is 16.8 Å². The summed E-state index contributed by atoms with van der Waals surface area (Å²) in [6.07, 6.45) is 0.122. The molecule has 1 amide bonds. The first kappa shape index (κ1) is 20.9. The Morgan fingerprint density at radius 3 is 2.10 bits per heavy atom. The first-order valence-electron chi connectivity index (χ1n) is 9.90. The smallest absolute Gasteiger partial charge is 0.253 e. The molecule has 2 aromatic carbocycles. The van der Waals surface area contributed by atoms with Crippen molar-refractivity contribution in [1.82, 2.24) is 4.90 Å². The second-order valence-corrected chi connectivity index (χ2v) is 12.2. The molecule has 9 heteroatoms. The van der Waals surface area contributed by atoms with Gasteiger partial charge in [-0.15, -0.1) is 0 Å². The lowest BCUT2D eigenvalue weighted by atomic mass is 10.1. The number of carbonyl (C=O) groups excluding carboxylic acids is 1. The van der Waals surface area contributed by atoms with E-state index in [0.717, 1.165) is 18.8 Å². The number of para-hydroxylation sites is 1. The molecule has 30 heavy (non-hydrogen) atoms. The van der Waals surface area contributed by atoms with Crippen molar-refractivity contribution in [2.45, 2.75) is 16.6 Å². The minimum atomic E-state index is -3.73. The summed E-state index contributed by atoms with van der Waals surface area (Å²) in [7, 11) is -7.02. The van der Waals surface area contributed by atoms with Gasteiger partial charge >= 0.3 is 0 Å². The molecule has 0 saturated carbocycles. The number of piperazine rings is 1. The molecule has 2 heterocycles. The Morgan fingerprint density at radius 1 is 0.900 bits per heavy atom. The molecule has 2 aromatic rings. The highest BCUT2D eigenvalue weighted by atomic mass is 32.2. The SMILES string of the molecule is O=C(c1ccc(S(=O)(=O)[C@H]2CCS(=O)(=O)C2)cc1)N1CCN(c2ccccc2)CC1. The van der Waals surface area contributed by atoms with Gasteiger partial charge in [-0.3, -0.25) is 4.79 Å². The fourth-order valence-corrected chi connectivity index (χ4v) is 8.33. The average molecular weight is 449 g/mol. The van der Waals surface area contributed by atoms with Crippen LogP contribution in [-0.2, 0) is 19.7 Å². The van der Waals surface area contributed by atoms with E-state index in [1.54, 1.807) is 4.90 Å². The van der Waals surface area contributed by atoms with Crippen LogP contribution in [0.5, 0.6) is 0 Å². The minimum Gasteiger partial charge on any atom is -0.368 e. The van der Waals surface area contributed by atoms with E-state index >= 15 is 0 Å². The second kappa shape index (κ2) is 8.03. The standard InChI is InChI=1S/C21H24N2O5S2/c24-21(23-13-11-22(12-14-23)18-4-2-1-3-5-18)17-6-8-19(9-7-17)30(27,28)20-10-15-29(25,26)16-20/h1-9,20H,10-16H2/t20-/m0/s1. The number of carbonyl (C=O) groups is 1. The van der Waals surface area contributed by atoms with E-state index in [1.165, 1.54) is 24.3 Å². The van der Waals surface area contributed by atoms with Gasteiger partial charge in [0.2, 0.25) is 0 Å². The van der Waals surface area contributed by atoms with E-state index in [2.05, 4.69) is 4.90 Å². The molecule has 7 nitrogen and oxygen atoms in total. The van der Waals surface area contributed by atoms with E-state index in [4.69, 9.17) is 0 Å². The van der Waals surface area contributed by atoms with Gasteiger partial charge < -0.3 is 9.80 Å². The van der Waals surface area contributed by atoms with Crippen LogP contribution in [-0.4, -0.2) is 70.6 Å². The fraction of sp³-hybridized carbons (Fsp3) is 0.381. The van der Waals surface area contributed by atoms with Crippen LogP contribution >= 0.6 is 0 Å². The molecule has 4 rings (SSSR count). The number of amides is 1. The zero-order valence-corrected chi connectivity index (χ0v) is 18.1. The van der Waals surface area contributed by atoms with Crippen molar-refractivity contribution in [3.05, 3.63) is 60.2 Å². The normalized spacial score (nSPS) is 21.5. The third-order valence-electron chi connectivity index (χ3n) is 5.75. The number of anilines is 1. The highest BCUT2D eigenvalue weighted by Gasteiger charge is 2.38. The Hall–Kier alpha value is -2.39. The number of rotatable bonds is 4. The van der Waals surface area contributed by atoms with Crippen LogP contribution in [0.25, 0.3) is 0 Å². The van der Waals surface area contributed by atoms with Crippen LogP contribution in [0, 0.1) is 0 Å². The Kier molecular flexibility index (Phi) is 5.59. The summed E-state index contributed by atoms with van der Waals surface area (Å²) in [5.41, 5.74) is 1.56. The summed E-state index contributed by atoms with van der Waals surface area (Å²) < 4.78 is 48.7. The molecule has 1 atom stereocenters. The summed E-state index contributed by atoms with van der Waals surface area (Å²) in [5.74, 6) is -0.556. The van der Waals surface area contributed by atoms with E-state index < -0.39 is 24.9 Å². The molecule has 2 fully saturated rings. The first-order valence-corrected chi connectivity index (χ1v) is 13.3. The number of sulfone groups is 2. The molecule has 0 aromatic heterocycles. The third-order valence-corrected chi connectivity index (χ3v) is 9.94. The van der Waals surface area contributed by atoms with E-state index in [1.807, 2.05) is 30.3 Å². The number of benzene rings is 2. The van der Waals surface area contributed by atoms with Gasteiger partial charge in [0.05, 0.1) is 21.7 Å². The van der Waals surface area contributed by atoms with Gasteiger partial charge in [0.25, 0.3) is 5.91 Å². The lowest BCUT2D eigenvalue weighted by Crippen LogP contribution is -2.48. The Morgan fingerprint density at radius 2 is 1.53 bits per heavy atom. The lowest BCUT2D eigenvalue weighted by Gasteiger charge is -2.36. The molecule has 2 aliphatic rings. The van der Waals surface area contributed by atoms with Crippen LogP contribution in [0.1, 0.15) is 16.8 Å². The Balaban J connectivity index is 1.41. The van der Waals surface area contributed by atoms with E-state index in [0.29, 0.717) is 18.7 Å². The maximum Gasteiger partial charge on any atom is 0.253 e. The summed E-state index contributed by atoms with van der Waals surface area (Å²) in [6.45, 7) is 2.65. The van der Waals surface area contributed by atoms with Gasteiger partial charge in [0.1, 0.15) is 0 Å². The zero-order chi connectivity index (χ0) is 21.4. The largest absolute Gasteiger partial charge is 0.368 e. The van der Waals surface area contributed by atoms with Gasteiger partial charge in [0.15, 0.2) is 19.7 Å². The fourth-order valence-electron chi connectivity index (χ4n) is 3.97. The van der Waals surface area contributed by atoms with Crippen LogP contribution in [0.3, 0.4) is 0 Å². The molecule has 0 radical (unpaired) electrons. The van der Waals surface area contributed by atoms with Crippen molar-refractivity contribution in [3.63, 3.8) is 0 Å². The van der Waals surface area contributed by atoms with Gasteiger partial charge in [-0.05, 0) is 42.8 Å². The van der Waals surface area contributed by atoms with E-state index in [-0.39, 0.29) is 28.7 Å². The molecule has 2 aliphatic heterocycles. The summed E-state index contributed by atoms with van der Waals surface area (Å²) >= 11 is 0. The molecule has 0 N–H and O–H groups in total. The summed E-state index contributed by atoms with van der Waals surface area (Å²) in [4.78, 5) is 16.9. The quantitative estimate of drug-likeness (QED) is 0.706. The molecule has 0 bridgehead atoms. The topological polar surface area (TPSA) is 91.8 Å². The number of hydrogen-bond donors (Lipinski definition) is 0. The minimum absolute atomic E-state index is 0.0649. The molecule has 0 unspecified atom stereocenters. The van der Waals surface area contributed by atoms with Crippen molar-refractivity contribution in [3.8, 4) is 0 Å². The molecule has 0 spiro atoms. The van der Waals surface area contributed by atoms with Crippen molar-refractivity contribution in [2.75, 3.05) is 42.6 Å². The maximum absolute atomic E-state index is 12.8. The Bertz CT molecular complexity index is 1120. The van der Waals surface area contributed by atoms with Crippen molar-refractivity contribution >= 4 is 31.3 Å². The van der Waals surface area contributed by atoms with Gasteiger partial charge in [-0.2, -0.15) is 0 Å². The van der Waals surface area contributed by atoms with Crippen LogP contribution in [0.2, 0.25) is 0 Å². The van der Waals surface area contributed by atoms with Crippen molar-refractivity contribution in [2.24, 2.45) is 0 Å². The van der Waals surface area contributed by atoms with Gasteiger partial charge in [-0.1, -0.05) is 18.2 Å². The predicted molar refractivity (Wildman–Crippen MR) is 115 cm³/mol. The molecule has 160 valence electrons. The highest BCUT2D eigenvalue weighted by molar-refractivity contribution is 7.96. The van der Waals surface area contributed by atoms with Crippen molar-refractivity contribution in [1.29, 1.82) is 0 Å². The highest BCUT2D eigenvalue weighted by Crippen LogP contribution is 2.26. The van der Waals surface area contributed by atoms with Gasteiger partial charge in [0, 0.05) is 37.4 Å². The summed E-state index contributed by atoms with van der Waals surface area (Å²) in [5, 5.41) is -0.907. The maximum atomic E-state index is 12.8. The van der Waals surface area contributed by atoms with Crippen LogP contribution in [0.4, 0.5) is 5.69 Å². The summed E-state index contributed by atoms with van der Waals surface area (Å²) in [6, 6.07) is 15.9. The molecular weight excluding hydrogens is 424 g/mol. The predicted octanol–water partition coefficient (Wildman–Crippen LogP) is 1.61. The molecule has 0 aliphatic carbocycles. The number of hydrogen-bond acceptors (Lipinski definition) is 6. The molecule has 2 saturated heterocycles. The number of nitrogens with zero attached hydrogens (tertiary/aromatic N) is 2. The second-order valence-electron chi connectivity index (χ2n) is 7.71. The zero-order valence-electron chi connectivity index (χ0n) is 16.5. The van der Waals surface area contributed by atoms with Crippen LogP contribution in [0.15, 0.2) is 59.5 Å². The lowest BCUT2D eigenvalue weighted by molar-refractivity contribution is 0.0746. The first-order chi connectivity index (χ1) is 14.3. The molecular formula is C21H24N2O5S2. The van der Waals surface area contributed by atoms with Crippen LogP contribution < -0.4 is 4.90 Å². The van der Waals surface area contributed by atoms with E-state index in [9.17, 15) is 21.6 Å². The van der Waals surface area contributed by atoms with Crippen molar-refractivity contribution < 1.29 is 21.6 Å². The monoisotopic (exact) mass is 448 g/mol. The Labute approximate surface area is 177 Å². The third kappa shape index (κ3) is 4.22.